The van der Waals surface area contributed by atoms with Gasteiger partial charge in [0.05, 0.1) is 0 Å². The summed E-state index contributed by atoms with van der Waals surface area (Å²) >= 11 is 0. The maximum Gasteiger partial charge on any atom is 0.159 e. The lowest BCUT2D eigenvalue weighted by atomic mass is 10.3. The van der Waals surface area contributed by atoms with Gasteiger partial charge in [0.1, 0.15) is 23.5 Å². The maximum absolute atomic E-state index is 6.22. The van der Waals surface area contributed by atoms with Crippen LogP contribution < -0.4 is 21.1 Å². The van der Waals surface area contributed by atoms with Crippen molar-refractivity contribution in [3.63, 3.8) is 0 Å². The van der Waals surface area contributed by atoms with Gasteiger partial charge in [-0.15, -0.1) is 0 Å². The molecule has 0 radical (unpaired) electrons. The zero-order chi connectivity index (χ0) is 19.2. The monoisotopic (exact) mass is 370 g/mol. The number of ether oxygens (including phenoxy) is 1. The van der Waals surface area contributed by atoms with Crippen LogP contribution in [0.2, 0.25) is 0 Å². The molecule has 2 aromatic carbocycles. The molecule has 0 saturated carbocycles. The van der Waals surface area contributed by atoms with Crippen LogP contribution in [0.5, 0.6) is 11.5 Å². The number of para-hydroxylation sites is 1. The van der Waals surface area contributed by atoms with Gasteiger partial charge in [0, 0.05) is 23.8 Å². The second-order valence-corrected chi connectivity index (χ2v) is 5.91. The summed E-state index contributed by atoms with van der Waals surface area (Å²) in [4.78, 5) is 12.4. The number of rotatable bonds is 6. The quantitative estimate of drug-likeness (QED) is 0.451. The highest BCUT2D eigenvalue weighted by atomic mass is 16.5. The molecule has 0 atom stereocenters. The molecule has 2 aromatic heterocycles. The minimum absolute atomic E-state index is 0.420. The number of nitrogen functional groups attached to an aromatic ring is 1. The van der Waals surface area contributed by atoms with Crippen LogP contribution in [0.1, 0.15) is 0 Å². The Labute approximate surface area is 162 Å². The molecule has 4 rings (SSSR count). The third-order valence-corrected chi connectivity index (χ3v) is 3.92. The molecular formula is C21H18N6O. The molecule has 0 amide bonds. The first-order chi connectivity index (χ1) is 13.8. The van der Waals surface area contributed by atoms with E-state index in [2.05, 4.69) is 25.6 Å². The van der Waals surface area contributed by atoms with Crippen LogP contribution in [-0.4, -0.2) is 15.0 Å². The van der Waals surface area contributed by atoms with E-state index < -0.39 is 0 Å². The predicted molar refractivity (Wildman–Crippen MR) is 110 cm³/mol. The predicted octanol–water partition coefficient (Wildman–Crippen LogP) is 4.73. The maximum atomic E-state index is 6.22. The molecule has 0 fully saturated rings. The van der Waals surface area contributed by atoms with E-state index in [1.807, 2.05) is 66.7 Å². The van der Waals surface area contributed by atoms with Crippen LogP contribution >= 0.6 is 0 Å². The minimum Gasteiger partial charge on any atom is -0.457 e. The average Bonchev–Trinajstić information content (AvgIpc) is 2.74. The Balaban J connectivity index is 1.47. The van der Waals surface area contributed by atoms with Crippen molar-refractivity contribution in [2.24, 2.45) is 0 Å². The summed E-state index contributed by atoms with van der Waals surface area (Å²) < 4.78 is 5.80. The van der Waals surface area contributed by atoms with Gasteiger partial charge in [-0.3, -0.25) is 4.98 Å². The second-order valence-electron chi connectivity index (χ2n) is 5.91. The normalized spacial score (nSPS) is 10.3. The van der Waals surface area contributed by atoms with Gasteiger partial charge in [-0.1, -0.05) is 18.2 Å². The Bertz CT molecular complexity index is 1040. The molecule has 0 aliphatic carbocycles. The Morgan fingerprint density at radius 2 is 1.25 bits per heavy atom. The fourth-order valence-electron chi connectivity index (χ4n) is 2.53. The lowest BCUT2D eigenvalue weighted by Crippen LogP contribution is -2.05. The van der Waals surface area contributed by atoms with Crippen LogP contribution in [-0.2, 0) is 0 Å². The van der Waals surface area contributed by atoms with Gasteiger partial charge in [-0.05, 0) is 48.5 Å². The van der Waals surface area contributed by atoms with Crippen molar-refractivity contribution >= 4 is 28.7 Å². The summed E-state index contributed by atoms with van der Waals surface area (Å²) in [6.07, 6.45) is 4.84. The summed E-state index contributed by atoms with van der Waals surface area (Å²) in [5.41, 5.74) is 8.32. The van der Waals surface area contributed by atoms with Crippen LogP contribution in [0.4, 0.5) is 28.7 Å². The summed E-state index contributed by atoms with van der Waals surface area (Å²) in [6.45, 7) is 0. The third kappa shape index (κ3) is 4.16. The lowest BCUT2D eigenvalue weighted by molar-refractivity contribution is 0.483. The first-order valence-corrected chi connectivity index (χ1v) is 8.65. The van der Waals surface area contributed by atoms with E-state index in [0.717, 1.165) is 22.9 Å². The van der Waals surface area contributed by atoms with Crippen molar-refractivity contribution in [2.75, 3.05) is 16.4 Å². The second kappa shape index (κ2) is 8.05. The zero-order valence-corrected chi connectivity index (χ0v) is 14.9. The summed E-state index contributed by atoms with van der Waals surface area (Å²) in [7, 11) is 0. The molecule has 7 heteroatoms. The van der Waals surface area contributed by atoms with Crippen molar-refractivity contribution in [1.82, 2.24) is 15.0 Å². The number of aromatic nitrogens is 3. The van der Waals surface area contributed by atoms with Crippen LogP contribution in [0, 0.1) is 0 Å². The van der Waals surface area contributed by atoms with E-state index in [9.17, 15) is 0 Å². The first kappa shape index (κ1) is 17.3. The Kier molecular flexibility index (Phi) is 4.97. The topological polar surface area (TPSA) is 98.0 Å². The fraction of sp³-hybridized carbons (Fsp3) is 0. The van der Waals surface area contributed by atoms with E-state index in [0.29, 0.717) is 17.3 Å². The van der Waals surface area contributed by atoms with Gasteiger partial charge in [0.2, 0.25) is 0 Å². The Morgan fingerprint density at radius 3 is 1.89 bits per heavy atom. The average molecular weight is 370 g/mol. The summed E-state index contributed by atoms with van der Waals surface area (Å²) in [6, 6.07) is 20.8. The molecule has 0 unspecified atom stereocenters. The lowest BCUT2D eigenvalue weighted by Gasteiger charge is -2.13. The molecule has 0 spiro atoms. The SMILES string of the molecule is Nc1c(Nc2ccncc2)ncnc1Nc1ccc(Oc2ccccc2)cc1. The number of anilines is 5. The molecule has 0 saturated heterocycles. The van der Waals surface area contributed by atoms with Crippen LogP contribution in [0.15, 0.2) is 85.5 Å². The molecular weight excluding hydrogens is 352 g/mol. The number of nitrogens with two attached hydrogens (primary N) is 1. The van der Waals surface area contributed by atoms with Gasteiger partial charge in [0.25, 0.3) is 0 Å². The van der Waals surface area contributed by atoms with Crippen molar-refractivity contribution in [3.05, 3.63) is 85.5 Å². The number of hydrogen-bond acceptors (Lipinski definition) is 7. The van der Waals surface area contributed by atoms with Crippen molar-refractivity contribution in [3.8, 4) is 11.5 Å². The third-order valence-electron chi connectivity index (χ3n) is 3.92. The molecule has 138 valence electrons. The van der Waals surface area contributed by atoms with Crippen molar-refractivity contribution in [2.45, 2.75) is 0 Å². The highest BCUT2D eigenvalue weighted by molar-refractivity contribution is 5.80. The number of nitrogens with zero attached hydrogens (tertiary/aromatic N) is 3. The zero-order valence-electron chi connectivity index (χ0n) is 14.9. The standard InChI is InChI=1S/C21H18N6O/c22-19-20(24-14-25-21(19)27-16-10-12-23-13-11-16)26-15-6-8-18(9-7-15)28-17-4-2-1-3-5-17/h1-14H,22H2,(H2,23,24,25,26,27). The van der Waals surface area contributed by atoms with E-state index in [1.165, 1.54) is 6.33 Å². The summed E-state index contributed by atoms with van der Waals surface area (Å²) in [5.74, 6) is 2.57. The Morgan fingerprint density at radius 1 is 0.679 bits per heavy atom. The molecule has 0 aliphatic heterocycles. The van der Waals surface area contributed by atoms with Gasteiger partial charge in [-0.2, -0.15) is 0 Å². The largest absolute Gasteiger partial charge is 0.457 e. The van der Waals surface area contributed by atoms with E-state index >= 15 is 0 Å². The van der Waals surface area contributed by atoms with E-state index in [4.69, 9.17) is 10.5 Å². The number of pyridine rings is 1. The molecule has 2 heterocycles. The van der Waals surface area contributed by atoms with Crippen molar-refractivity contribution in [1.29, 1.82) is 0 Å². The van der Waals surface area contributed by atoms with E-state index in [-0.39, 0.29) is 0 Å². The van der Waals surface area contributed by atoms with Gasteiger partial charge >= 0.3 is 0 Å². The minimum atomic E-state index is 0.420. The van der Waals surface area contributed by atoms with Gasteiger partial charge in [-0.25, -0.2) is 9.97 Å². The first-order valence-electron chi connectivity index (χ1n) is 8.65. The van der Waals surface area contributed by atoms with Crippen molar-refractivity contribution < 1.29 is 4.74 Å². The summed E-state index contributed by atoms with van der Waals surface area (Å²) in [5, 5.41) is 6.36. The van der Waals surface area contributed by atoms with Crippen LogP contribution in [0.25, 0.3) is 0 Å². The van der Waals surface area contributed by atoms with Gasteiger partial charge in [0.15, 0.2) is 11.6 Å². The van der Waals surface area contributed by atoms with E-state index in [1.54, 1.807) is 12.4 Å². The fourth-order valence-corrected chi connectivity index (χ4v) is 2.53. The van der Waals surface area contributed by atoms with Crippen LogP contribution in [0.3, 0.4) is 0 Å². The number of nitrogens with one attached hydrogen (secondary N) is 2. The molecule has 7 nitrogen and oxygen atoms in total. The number of hydrogen-bond donors (Lipinski definition) is 3. The molecule has 28 heavy (non-hydrogen) atoms. The Hall–Kier alpha value is -4.13. The number of benzene rings is 2. The molecule has 4 N–H and O–H groups in total. The molecule has 0 bridgehead atoms. The molecule has 4 aromatic rings. The molecule has 0 aliphatic rings. The smallest absolute Gasteiger partial charge is 0.159 e. The highest BCUT2D eigenvalue weighted by Gasteiger charge is 2.09. The highest BCUT2D eigenvalue weighted by Crippen LogP contribution is 2.29. The van der Waals surface area contributed by atoms with Gasteiger partial charge < -0.3 is 21.1 Å².